The van der Waals surface area contributed by atoms with E-state index in [2.05, 4.69) is 6.66 Å². The van der Waals surface area contributed by atoms with Gasteiger partial charge >= 0.3 is 94.6 Å². The van der Waals surface area contributed by atoms with Gasteiger partial charge in [0.05, 0.1) is 0 Å². The average molecular weight is 230 g/mol. The van der Waals surface area contributed by atoms with Crippen molar-refractivity contribution in [3.63, 3.8) is 0 Å². The van der Waals surface area contributed by atoms with E-state index in [9.17, 15) is 4.89 Å². The molecule has 0 atom stereocenters. The van der Waals surface area contributed by atoms with Gasteiger partial charge in [0, 0.05) is 0 Å². The monoisotopic (exact) mass is 230 g/mol. The first-order valence-electron chi connectivity index (χ1n) is 6.93. The van der Waals surface area contributed by atoms with Crippen LogP contribution in [0, 0.1) is 0 Å². The van der Waals surface area contributed by atoms with E-state index >= 15 is 0 Å². The summed E-state index contributed by atoms with van der Waals surface area (Å²) >= 11 is 0. The number of rotatable bonds is 2. The van der Waals surface area contributed by atoms with Crippen LogP contribution in [0.25, 0.3) is 0 Å². The summed E-state index contributed by atoms with van der Waals surface area (Å²) in [6, 6.07) is 0. The van der Waals surface area contributed by atoms with Crippen LogP contribution >= 0.6 is 7.49 Å². The molecule has 0 aromatic carbocycles. The first kappa shape index (κ1) is 11.9. The SMILES string of the molecule is C[PH](O)(C1CCCCC1)C1CCCCC1. The van der Waals surface area contributed by atoms with Gasteiger partial charge in [-0.15, -0.1) is 0 Å². The van der Waals surface area contributed by atoms with Gasteiger partial charge in [0.2, 0.25) is 0 Å². The maximum atomic E-state index is 10.9. The Morgan fingerprint density at radius 3 is 1.40 bits per heavy atom. The molecule has 2 rings (SSSR count). The van der Waals surface area contributed by atoms with Crippen LogP contribution < -0.4 is 0 Å². The first-order valence-corrected chi connectivity index (χ1v) is 9.54. The van der Waals surface area contributed by atoms with Crippen molar-refractivity contribution in [1.82, 2.24) is 0 Å². The molecule has 0 aliphatic heterocycles. The van der Waals surface area contributed by atoms with Gasteiger partial charge in [-0.05, 0) is 0 Å². The molecule has 2 saturated carbocycles. The van der Waals surface area contributed by atoms with Crippen molar-refractivity contribution >= 4 is 7.49 Å². The van der Waals surface area contributed by atoms with Gasteiger partial charge < -0.3 is 0 Å². The Morgan fingerprint density at radius 2 is 1.07 bits per heavy atom. The standard InChI is InChI=1S/C13H27OP/c1-15(14,12-8-4-2-5-9-12)13-10-6-3-7-11-13/h12-15H,2-11H2,1H3. The fourth-order valence-electron chi connectivity index (χ4n) is 3.71. The summed E-state index contributed by atoms with van der Waals surface area (Å²) in [4.78, 5) is 10.9. The topological polar surface area (TPSA) is 20.2 Å². The molecular formula is C13H27OP. The van der Waals surface area contributed by atoms with Crippen molar-refractivity contribution in [3.8, 4) is 0 Å². The first-order chi connectivity index (χ1) is 7.21. The second kappa shape index (κ2) is 5.15. The van der Waals surface area contributed by atoms with Crippen molar-refractivity contribution in [2.24, 2.45) is 0 Å². The third-order valence-corrected chi connectivity index (χ3v) is 9.32. The van der Waals surface area contributed by atoms with Crippen molar-refractivity contribution in [3.05, 3.63) is 0 Å². The van der Waals surface area contributed by atoms with Crippen molar-refractivity contribution in [2.75, 3.05) is 6.66 Å². The third-order valence-electron chi connectivity index (χ3n) is 4.86. The Hall–Kier alpha value is 0.390. The van der Waals surface area contributed by atoms with E-state index in [0.717, 1.165) is 11.3 Å². The zero-order valence-corrected chi connectivity index (χ0v) is 11.2. The molecule has 15 heavy (non-hydrogen) atoms. The van der Waals surface area contributed by atoms with Crippen molar-refractivity contribution in [1.29, 1.82) is 0 Å². The van der Waals surface area contributed by atoms with E-state index in [1.165, 1.54) is 64.2 Å². The van der Waals surface area contributed by atoms with Crippen LogP contribution in [0.4, 0.5) is 0 Å². The van der Waals surface area contributed by atoms with E-state index < -0.39 is 7.49 Å². The summed E-state index contributed by atoms with van der Waals surface area (Å²) in [5.41, 5.74) is 1.46. The molecule has 90 valence electrons. The molecule has 0 aromatic heterocycles. The molecule has 1 nitrogen and oxygen atoms in total. The fraction of sp³-hybridized carbons (Fsp3) is 1.00. The Balaban J connectivity index is 1.96. The quantitative estimate of drug-likeness (QED) is 0.712. The average Bonchev–Trinajstić information content (AvgIpc) is 2.31. The zero-order chi connectivity index (χ0) is 10.7. The van der Waals surface area contributed by atoms with Gasteiger partial charge in [0.15, 0.2) is 0 Å². The minimum atomic E-state index is -1.90. The summed E-state index contributed by atoms with van der Waals surface area (Å²) in [7, 11) is -1.90. The maximum absolute atomic E-state index is 10.9. The number of hydrogen-bond acceptors (Lipinski definition) is 1. The van der Waals surface area contributed by atoms with Gasteiger partial charge in [0.25, 0.3) is 0 Å². The van der Waals surface area contributed by atoms with E-state index in [1.54, 1.807) is 0 Å². The normalized spacial score (nSPS) is 27.9. The molecule has 0 amide bonds. The summed E-state index contributed by atoms with van der Waals surface area (Å²) in [5.74, 6) is 0. The Morgan fingerprint density at radius 1 is 0.733 bits per heavy atom. The van der Waals surface area contributed by atoms with E-state index in [0.29, 0.717) is 0 Å². The van der Waals surface area contributed by atoms with E-state index in [1.807, 2.05) is 0 Å². The molecule has 0 heterocycles. The van der Waals surface area contributed by atoms with Crippen LogP contribution in [0.2, 0.25) is 0 Å². The molecule has 1 N–H and O–H groups in total. The molecular weight excluding hydrogens is 203 g/mol. The van der Waals surface area contributed by atoms with Gasteiger partial charge in [-0.25, -0.2) is 0 Å². The van der Waals surface area contributed by atoms with Gasteiger partial charge in [0.1, 0.15) is 0 Å². The van der Waals surface area contributed by atoms with Gasteiger partial charge in [-0.2, -0.15) is 0 Å². The molecule has 0 unspecified atom stereocenters. The van der Waals surface area contributed by atoms with Crippen LogP contribution in [-0.2, 0) is 0 Å². The predicted octanol–water partition coefficient (Wildman–Crippen LogP) is 3.94. The van der Waals surface area contributed by atoms with E-state index in [-0.39, 0.29) is 0 Å². The molecule has 0 bridgehead atoms. The Kier molecular flexibility index (Phi) is 4.07. The van der Waals surface area contributed by atoms with Crippen LogP contribution in [0.15, 0.2) is 0 Å². The van der Waals surface area contributed by atoms with E-state index in [4.69, 9.17) is 0 Å². The van der Waals surface area contributed by atoms with Crippen LogP contribution in [-0.4, -0.2) is 22.9 Å². The molecule has 2 aliphatic carbocycles. The second-order valence-corrected chi connectivity index (χ2v) is 9.98. The predicted molar refractivity (Wildman–Crippen MR) is 70.2 cm³/mol. The molecule has 0 radical (unpaired) electrons. The summed E-state index contributed by atoms with van der Waals surface area (Å²) in [6.45, 7) is 2.26. The minimum absolute atomic E-state index is 0.731. The van der Waals surface area contributed by atoms with Crippen molar-refractivity contribution in [2.45, 2.75) is 75.5 Å². The van der Waals surface area contributed by atoms with Crippen molar-refractivity contribution < 1.29 is 4.89 Å². The zero-order valence-electron chi connectivity index (χ0n) is 10.2. The fourth-order valence-corrected chi connectivity index (χ4v) is 7.53. The molecule has 0 spiro atoms. The Bertz CT molecular complexity index is 171. The van der Waals surface area contributed by atoms with Gasteiger partial charge in [-0.3, -0.25) is 0 Å². The molecule has 0 aromatic rings. The number of hydrogen-bond donors (Lipinski definition) is 1. The van der Waals surface area contributed by atoms with Crippen LogP contribution in [0.5, 0.6) is 0 Å². The Labute approximate surface area is 95.1 Å². The van der Waals surface area contributed by atoms with Crippen LogP contribution in [0.1, 0.15) is 64.2 Å². The summed E-state index contributed by atoms with van der Waals surface area (Å²) < 4.78 is 0. The molecule has 0 saturated heterocycles. The molecule has 2 aliphatic rings. The third kappa shape index (κ3) is 2.74. The summed E-state index contributed by atoms with van der Waals surface area (Å²) in [6.07, 6.45) is 13.6. The summed E-state index contributed by atoms with van der Waals surface area (Å²) in [5, 5.41) is 0. The molecule has 2 heteroatoms. The van der Waals surface area contributed by atoms with Crippen LogP contribution in [0.3, 0.4) is 0 Å². The second-order valence-electron chi connectivity index (χ2n) is 5.90. The van der Waals surface area contributed by atoms with Gasteiger partial charge in [-0.1, -0.05) is 0 Å². The molecule has 2 fully saturated rings.